The van der Waals surface area contributed by atoms with Crippen LogP contribution in [0.2, 0.25) is 5.02 Å². The Bertz CT molecular complexity index is 1140. The van der Waals surface area contributed by atoms with Gasteiger partial charge in [0.2, 0.25) is 0 Å². The van der Waals surface area contributed by atoms with Gasteiger partial charge in [-0.3, -0.25) is 15.0 Å². The van der Waals surface area contributed by atoms with Crippen LogP contribution in [0.15, 0.2) is 66.7 Å². The molecule has 3 rings (SSSR count). The number of carboxylic acids is 1. The monoisotopic (exact) mass is 444 g/mol. The lowest BCUT2D eigenvalue weighted by Gasteiger charge is -2.22. The zero-order valence-corrected chi connectivity index (χ0v) is 16.5. The molecule has 3 aromatic carbocycles. The summed E-state index contributed by atoms with van der Waals surface area (Å²) < 4.78 is 18.9. The van der Waals surface area contributed by atoms with E-state index in [0.29, 0.717) is 5.56 Å². The Hall–Kier alpha value is -3.98. The molecule has 0 spiro atoms. The number of carbonyl (C=O) groups is 2. The van der Waals surface area contributed by atoms with E-state index in [-0.39, 0.29) is 34.3 Å². The molecule has 1 amide bonds. The maximum atomic E-state index is 13.6. The summed E-state index contributed by atoms with van der Waals surface area (Å²) in [4.78, 5) is 35.2. The van der Waals surface area contributed by atoms with Crippen molar-refractivity contribution in [2.24, 2.45) is 0 Å². The Morgan fingerprint density at radius 2 is 1.71 bits per heavy atom. The first-order valence-corrected chi connectivity index (χ1v) is 9.13. The normalized spacial score (nSPS) is 10.4. The molecule has 1 N–H and O–H groups in total. The molecule has 0 heterocycles. The van der Waals surface area contributed by atoms with E-state index >= 15 is 0 Å². The Morgan fingerprint density at radius 3 is 2.26 bits per heavy atom. The largest absolute Gasteiger partial charge is 0.478 e. The summed E-state index contributed by atoms with van der Waals surface area (Å²) >= 11 is 5.85. The zero-order valence-electron chi connectivity index (χ0n) is 15.7. The van der Waals surface area contributed by atoms with E-state index in [2.05, 4.69) is 0 Å². The fourth-order valence-electron chi connectivity index (χ4n) is 2.64. The molecule has 3 aromatic rings. The number of hydrogen-bond donors (Lipinski definition) is 1. The molecule has 0 unspecified atom stereocenters. The van der Waals surface area contributed by atoms with Crippen molar-refractivity contribution in [1.29, 1.82) is 0 Å². The van der Waals surface area contributed by atoms with Crippen LogP contribution in [0.4, 0.5) is 20.6 Å². The first-order valence-electron chi connectivity index (χ1n) is 8.75. The molecule has 0 aromatic heterocycles. The lowest BCUT2D eigenvalue weighted by molar-refractivity contribution is -0.384. The number of nitro groups is 1. The van der Waals surface area contributed by atoms with Crippen LogP contribution in [0.3, 0.4) is 0 Å². The number of aromatic carboxylic acids is 1. The third-order valence-electron chi connectivity index (χ3n) is 4.23. The van der Waals surface area contributed by atoms with Gasteiger partial charge in [0.25, 0.3) is 5.69 Å². The van der Waals surface area contributed by atoms with Crippen LogP contribution in [0.25, 0.3) is 0 Å². The third kappa shape index (κ3) is 5.34. The average Bonchev–Trinajstić information content (AvgIpc) is 2.74. The van der Waals surface area contributed by atoms with E-state index in [1.165, 1.54) is 65.6 Å². The van der Waals surface area contributed by atoms with Gasteiger partial charge < -0.3 is 9.84 Å². The standard InChI is InChI=1S/C21H14ClFN2O6/c22-18-11-16(7-10-19(18)23)24(12-13-1-3-14(4-2-13)20(26)27)21(28)31-17-8-5-15(6-9-17)25(29)30/h1-11H,12H2,(H,26,27). The number of hydrogen-bond acceptors (Lipinski definition) is 5. The van der Waals surface area contributed by atoms with Crippen LogP contribution in [0, 0.1) is 15.9 Å². The van der Waals surface area contributed by atoms with Gasteiger partial charge in [0.1, 0.15) is 11.6 Å². The van der Waals surface area contributed by atoms with Crippen LogP contribution in [0.1, 0.15) is 15.9 Å². The highest BCUT2D eigenvalue weighted by molar-refractivity contribution is 6.31. The summed E-state index contributed by atoms with van der Waals surface area (Å²) in [5.74, 6) is -1.69. The Morgan fingerprint density at radius 1 is 1.06 bits per heavy atom. The van der Waals surface area contributed by atoms with Crippen LogP contribution >= 0.6 is 11.6 Å². The van der Waals surface area contributed by atoms with E-state index < -0.39 is 22.8 Å². The maximum Gasteiger partial charge on any atom is 0.420 e. The third-order valence-corrected chi connectivity index (χ3v) is 4.52. The Balaban J connectivity index is 1.88. The van der Waals surface area contributed by atoms with Gasteiger partial charge in [-0.05, 0) is 48.0 Å². The predicted octanol–water partition coefficient (Wildman–Crippen LogP) is 5.29. The first-order chi connectivity index (χ1) is 14.7. The van der Waals surface area contributed by atoms with Crippen molar-refractivity contribution < 1.29 is 28.7 Å². The molecule has 0 saturated carbocycles. The molecular formula is C21H14ClFN2O6. The van der Waals surface area contributed by atoms with Gasteiger partial charge in [0, 0.05) is 17.8 Å². The van der Waals surface area contributed by atoms with E-state index in [9.17, 15) is 24.1 Å². The fourth-order valence-corrected chi connectivity index (χ4v) is 2.82. The minimum Gasteiger partial charge on any atom is -0.478 e. The topological polar surface area (TPSA) is 110 Å². The number of halogens is 2. The Kier molecular flexibility index (Phi) is 6.46. The minimum absolute atomic E-state index is 0.0341. The number of nitrogens with zero attached hydrogens (tertiary/aromatic N) is 2. The highest BCUT2D eigenvalue weighted by Crippen LogP contribution is 2.26. The van der Waals surface area contributed by atoms with Crippen LogP contribution in [-0.4, -0.2) is 22.1 Å². The predicted molar refractivity (Wildman–Crippen MR) is 110 cm³/mol. The first kappa shape index (κ1) is 21.7. The number of nitro benzene ring substituents is 1. The Labute approximate surface area is 180 Å². The second-order valence-electron chi connectivity index (χ2n) is 6.31. The number of carboxylic acid groups (broad SMARTS) is 1. The molecule has 0 aliphatic heterocycles. The minimum atomic E-state index is -1.09. The van der Waals surface area contributed by atoms with Gasteiger partial charge in [0.05, 0.1) is 22.1 Å². The summed E-state index contributed by atoms with van der Waals surface area (Å²) in [5, 5.41) is 19.6. The van der Waals surface area contributed by atoms with Gasteiger partial charge >= 0.3 is 12.1 Å². The molecule has 31 heavy (non-hydrogen) atoms. The highest BCUT2D eigenvalue weighted by atomic mass is 35.5. The van der Waals surface area contributed by atoms with Crippen molar-refractivity contribution in [2.75, 3.05) is 4.90 Å². The maximum absolute atomic E-state index is 13.6. The lowest BCUT2D eigenvalue weighted by Crippen LogP contribution is -2.33. The molecule has 0 atom stereocenters. The SMILES string of the molecule is O=C(O)c1ccc(CN(C(=O)Oc2ccc([N+](=O)[O-])cc2)c2ccc(F)c(Cl)c2)cc1. The second-order valence-corrected chi connectivity index (χ2v) is 6.71. The lowest BCUT2D eigenvalue weighted by atomic mass is 10.1. The molecule has 158 valence electrons. The number of carbonyl (C=O) groups excluding carboxylic acids is 1. The van der Waals surface area contributed by atoms with Gasteiger partial charge in [-0.1, -0.05) is 23.7 Å². The number of anilines is 1. The summed E-state index contributed by atoms with van der Waals surface area (Å²) in [6.07, 6.45) is -0.848. The molecule has 8 nitrogen and oxygen atoms in total. The molecule has 0 aliphatic carbocycles. The summed E-state index contributed by atoms with van der Waals surface area (Å²) in [6, 6.07) is 14.4. The van der Waals surface area contributed by atoms with Gasteiger partial charge in [-0.2, -0.15) is 0 Å². The van der Waals surface area contributed by atoms with Gasteiger partial charge in [-0.15, -0.1) is 0 Å². The van der Waals surface area contributed by atoms with Crippen molar-refractivity contribution in [3.05, 3.63) is 98.8 Å². The van der Waals surface area contributed by atoms with Crippen molar-refractivity contribution in [3.63, 3.8) is 0 Å². The molecule has 0 bridgehead atoms. The summed E-state index contributed by atoms with van der Waals surface area (Å²) in [5.41, 5.74) is 0.723. The molecule has 0 saturated heterocycles. The fraction of sp³-hybridized carbons (Fsp3) is 0.0476. The van der Waals surface area contributed by atoms with Crippen molar-refractivity contribution in [1.82, 2.24) is 0 Å². The highest BCUT2D eigenvalue weighted by Gasteiger charge is 2.20. The molecular weight excluding hydrogens is 431 g/mol. The van der Waals surface area contributed by atoms with Crippen molar-refractivity contribution in [3.8, 4) is 5.75 Å². The number of non-ortho nitro benzene ring substituents is 1. The van der Waals surface area contributed by atoms with Gasteiger partial charge in [0.15, 0.2) is 0 Å². The number of ether oxygens (including phenoxy) is 1. The van der Waals surface area contributed by atoms with Crippen LogP contribution in [-0.2, 0) is 6.54 Å². The van der Waals surface area contributed by atoms with Crippen molar-refractivity contribution >= 4 is 35.0 Å². The quantitative estimate of drug-likeness (QED) is 0.408. The summed E-state index contributed by atoms with van der Waals surface area (Å²) in [6.45, 7) is -0.0341. The summed E-state index contributed by atoms with van der Waals surface area (Å²) in [7, 11) is 0. The van der Waals surface area contributed by atoms with Crippen LogP contribution < -0.4 is 9.64 Å². The average molecular weight is 445 g/mol. The molecule has 0 radical (unpaired) electrons. The van der Waals surface area contributed by atoms with Crippen molar-refractivity contribution in [2.45, 2.75) is 6.54 Å². The van der Waals surface area contributed by atoms with E-state index in [1.807, 2.05) is 0 Å². The zero-order chi connectivity index (χ0) is 22.5. The molecule has 0 fully saturated rings. The number of rotatable bonds is 6. The van der Waals surface area contributed by atoms with Gasteiger partial charge in [-0.25, -0.2) is 14.0 Å². The smallest absolute Gasteiger partial charge is 0.420 e. The van der Waals surface area contributed by atoms with E-state index in [4.69, 9.17) is 21.4 Å². The molecule has 10 heteroatoms. The number of amides is 1. The van der Waals surface area contributed by atoms with Crippen LogP contribution in [0.5, 0.6) is 5.75 Å². The van der Waals surface area contributed by atoms with E-state index in [0.717, 1.165) is 6.07 Å². The number of benzene rings is 3. The molecule has 0 aliphatic rings. The van der Waals surface area contributed by atoms with E-state index in [1.54, 1.807) is 0 Å². The second kappa shape index (κ2) is 9.23.